The molecule has 0 bridgehead atoms. The molecule has 1 aliphatic carbocycles. The molecule has 1 unspecified atom stereocenters. The van der Waals surface area contributed by atoms with Crippen molar-refractivity contribution >= 4 is 12.1 Å². The summed E-state index contributed by atoms with van der Waals surface area (Å²) in [5.74, 6) is -0.179. The highest BCUT2D eigenvalue weighted by Crippen LogP contribution is 2.31. The van der Waals surface area contributed by atoms with Crippen molar-refractivity contribution in [2.24, 2.45) is 18.9 Å². The van der Waals surface area contributed by atoms with Gasteiger partial charge in [0, 0.05) is 20.6 Å². The molecule has 2 atom stereocenters. The van der Waals surface area contributed by atoms with E-state index in [9.17, 15) is 19.1 Å². The number of aliphatic carboxylic acids is 1. The lowest BCUT2D eigenvalue weighted by Gasteiger charge is -2.26. The van der Waals surface area contributed by atoms with Crippen molar-refractivity contribution in [1.82, 2.24) is 24.9 Å². The van der Waals surface area contributed by atoms with Gasteiger partial charge in [-0.1, -0.05) is 11.6 Å². The van der Waals surface area contributed by atoms with E-state index in [0.717, 1.165) is 19.3 Å². The standard InChI is InChI=1S/C24H34FN5O5/c1-16-21(34-14-17-7-6-8-18(13-17)23(31)32)10-9-19(26-16)22-20(30(3)28-27-22)15-35-24(33)29(2)12-5-4-11-25/h9-10,17-18H,4-8,11-15H2,1-3H3,(H,31,32)/t17?,18-/m1/s1. The van der Waals surface area contributed by atoms with Crippen LogP contribution in [0.15, 0.2) is 12.1 Å². The first-order valence-electron chi connectivity index (χ1n) is 12.0. The number of pyridine rings is 1. The van der Waals surface area contributed by atoms with Gasteiger partial charge in [0.05, 0.1) is 30.6 Å². The van der Waals surface area contributed by atoms with Crippen LogP contribution >= 0.6 is 0 Å². The molecule has 0 radical (unpaired) electrons. The number of amides is 1. The Labute approximate surface area is 204 Å². The second-order valence-corrected chi connectivity index (χ2v) is 9.04. The number of nitrogens with zero attached hydrogens (tertiary/aromatic N) is 5. The van der Waals surface area contributed by atoms with E-state index in [-0.39, 0.29) is 18.4 Å². The van der Waals surface area contributed by atoms with Crippen LogP contribution < -0.4 is 4.74 Å². The first kappa shape index (κ1) is 26.4. The summed E-state index contributed by atoms with van der Waals surface area (Å²) in [5, 5.41) is 17.5. The van der Waals surface area contributed by atoms with E-state index in [1.807, 2.05) is 13.0 Å². The SMILES string of the molecule is Cc1nc(-c2nnn(C)c2COC(=O)N(C)CCCCF)ccc1OCC1CCC[C@@H](C(=O)O)C1. The van der Waals surface area contributed by atoms with Gasteiger partial charge in [0.1, 0.15) is 23.7 Å². The van der Waals surface area contributed by atoms with Crippen LogP contribution in [0.1, 0.15) is 49.9 Å². The number of carboxylic acids is 1. The zero-order chi connectivity index (χ0) is 25.4. The number of hydrogen-bond donors (Lipinski definition) is 1. The lowest BCUT2D eigenvalue weighted by molar-refractivity contribution is -0.143. The van der Waals surface area contributed by atoms with Gasteiger partial charge in [0.2, 0.25) is 0 Å². The molecular formula is C24H34FN5O5. The van der Waals surface area contributed by atoms with Crippen LogP contribution in [-0.4, -0.2) is 68.9 Å². The molecule has 0 aliphatic heterocycles. The van der Waals surface area contributed by atoms with Gasteiger partial charge in [0.25, 0.3) is 0 Å². The van der Waals surface area contributed by atoms with Crippen LogP contribution in [0.3, 0.4) is 0 Å². The number of aryl methyl sites for hydroxylation is 2. The minimum absolute atomic E-state index is 0.0312. The number of halogens is 1. The maximum atomic E-state index is 12.3. The van der Waals surface area contributed by atoms with Gasteiger partial charge < -0.3 is 19.5 Å². The van der Waals surface area contributed by atoms with Gasteiger partial charge in [-0.25, -0.2) is 14.5 Å². The topological polar surface area (TPSA) is 120 Å². The maximum Gasteiger partial charge on any atom is 0.409 e. The molecule has 192 valence electrons. The van der Waals surface area contributed by atoms with Gasteiger partial charge in [-0.15, -0.1) is 5.10 Å². The smallest absolute Gasteiger partial charge is 0.409 e. The summed E-state index contributed by atoms with van der Waals surface area (Å²) in [7, 11) is 3.32. The highest BCUT2D eigenvalue weighted by molar-refractivity contribution is 5.70. The van der Waals surface area contributed by atoms with E-state index in [2.05, 4.69) is 15.3 Å². The lowest BCUT2D eigenvalue weighted by atomic mass is 9.82. The van der Waals surface area contributed by atoms with E-state index < -0.39 is 18.7 Å². The molecule has 3 rings (SSSR count). The van der Waals surface area contributed by atoms with Gasteiger partial charge in [-0.3, -0.25) is 9.18 Å². The average Bonchev–Trinajstić information content (AvgIpc) is 3.22. The number of unbranched alkanes of at least 4 members (excludes halogenated alkanes) is 1. The Morgan fingerprint density at radius 2 is 2.09 bits per heavy atom. The predicted octanol–water partition coefficient (Wildman–Crippen LogP) is 3.77. The van der Waals surface area contributed by atoms with Crippen LogP contribution in [0.2, 0.25) is 0 Å². The fraction of sp³-hybridized carbons (Fsp3) is 0.625. The monoisotopic (exact) mass is 491 g/mol. The van der Waals surface area contributed by atoms with Crippen molar-refractivity contribution in [1.29, 1.82) is 0 Å². The van der Waals surface area contributed by atoms with E-state index in [4.69, 9.17) is 9.47 Å². The molecule has 35 heavy (non-hydrogen) atoms. The number of hydrogen-bond acceptors (Lipinski definition) is 7. The van der Waals surface area contributed by atoms with Crippen LogP contribution in [0.25, 0.3) is 11.4 Å². The fourth-order valence-corrected chi connectivity index (χ4v) is 4.22. The molecule has 11 heteroatoms. The normalized spacial score (nSPS) is 17.7. The molecule has 1 N–H and O–H groups in total. The average molecular weight is 492 g/mol. The minimum atomic E-state index is -0.731. The molecule has 10 nitrogen and oxygen atoms in total. The third kappa shape index (κ3) is 7.12. The molecule has 0 saturated heterocycles. The first-order chi connectivity index (χ1) is 16.8. The number of carboxylic acid groups (broad SMARTS) is 1. The molecule has 0 aromatic carbocycles. The third-order valence-corrected chi connectivity index (χ3v) is 6.35. The highest BCUT2D eigenvalue weighted by Gasteiger charge is 2.27. The quantitative estimate of drug-likeness (QED) is 0.472. The van der Waals surface area contributed by atoms with Crippen LogP contribution in [0, 0.1) is 18.8 Å². The summed E-state index contributed by atoms with van der Waals surface area (Å²) < 4.78 is 25.2. The molecule has 2 heterocycles. The zero-order valence-electron chi connectivity index (χ0n) is 20.6. The molecule has 1 amide bonds. The Morgan fingerprint density at radius 3 is 2.80 bits per heavy atom. The van der Waals surface area contributed by atoms with Crippen molar-refractivity contribution < 1.29 is 28.6 Å². The molecule has 1 saturated carbocycles. The summed E-state index contributed by atoms with van der Waals surface area (Å²) in [5.41, 5.74) is 2.35. The van der Waals surface area contributed by atoms with Crippen molar-refractivity contribution in [3.63, 3.8) is 0 Å². The second-order valence-electron chi connectivity index (χ2n) is 9.04. The van der Waals surface area contributed by atoms with Crippen molar-refractivity contribution in [3.8, 4) is 17.1 Å². The van der Waals surface area contributed by atoms with Crippen LogP contribution in [-0.2, 0) is 23.2 Å². The Balaban J connectivity index is 1.61. The Morgan fingerprint density at radius 1 is 1.29 bits per heavy atom. The largest absolute Gasteiger partial charge is 0.491 e. The Hall–Kier alpha value is -3.24. The van der Waals surface area contributed by atoms with Gasteiger partial charge in [0.15, 0.2) is 0 Å². The summed E-state index contributed by atoms with van der Waals surface area (Å²) in [6, 6.07) is 3.60. The van der Waals surface area contributed by atoms with Gasteiger partial charge in [-0.05, 0) is 57.1 Å². The first-order valence-corrected chi connectivity index (χ1v) is 12.0. The Bertz CT molecular complexity index is 1010. The number of aromatic nitrogens is 4. The number of ether oxygens (including phenoxy) is 2. The van der Waals surface area contributed by atoms with E-state index in [1.165, 1.54) is 9.58 Å². The molecule has 1 aliphatic rings. The third-order valence-electron chi connectivity index (χ3n) is 6.35. The molecule has 2 aromatic rings. The number of carbonyl (C=O) groups is 2. The zero-order valence-corrected chi connectivity index (χ0v) is 20.6. The fourth-order valence-electron chi connectivity index (χ4n) is 4.22. The molecule has 2 aromatic heterocycles. The number of alkyl halides is 1. The number of rotatable bonds is 11. The van der Waals surface area contributed by atoms with Crippen molar-refractivity contribution in [2.45, 2.75) is 52.1 Å². The van der Waals surface area contributed by atoms with Crippen molar-refractivity contribution in [3.05, 3.63) is 23.5 Å². The minimum Gasteiger partial charge on any atom is -0.491 e. The van der Waals surface area contributed by atoms with Crippen LogP contribution in [0.4, 0.5) is 9.18 Å². The summed E-state index contributed by atoms with van der Waals surface area (Å²) >= 11 is 0. The maximum absolute atomic E-state index is 12.3. The van der Waals surface area contributed by atoms with E-state index in [0.29, 0.717) is 60.9 Å². The van der Waals surface area contributed by atoms with Gasteiger partial charge >= 0.3 is 12.1 Å². The molecular weight excluding hydrogens is 457 g/mol. The van der Waals surface area contributed by atoms with Gasteiger partial charge in [-0.2, -0.15) is 0 Å². The predicted molar refractivity (Wildman–Crippen MR) is 126 cm³/mol. The van der Waals surface area contributed by atoms with Crippen LogP contribution in [0.5, 0.6) is 5.75 Å². The highest BCUT2D eigenvalue weighted by atomic mass is 19.1. The summed E-state index contributed by atoms with van der Waals surface area (Å²) in [6.45, 7) is 2.27. The van der Waals surface area contributed by atoms with Crippen molar-refractivity contribution in [2.75, 3.05) is 26.9 Å². The summed E-state index contributed by atoms with van der Waals surface area (Å²) in [6.07, 6.45) is 3.69. The van der Waals surface area contributed by atoms with E-state index in [1.54, 1.807) is 20.2 Å². The Kier molecular flexibility index (Phi) is 9.39. The second kappa shape index (κ2) is 12.5. The number of carbonyl (C=O) groups excluding carboxylic acids is 1. The molecule has 1 fully saturated rings. The lowest BCUT2D eigenvalue weighted by Crippen LogP contribution is -2.28. The summed E-state index contributed by atoms with van der Waals surface area (Å²) in [4.78, 5) is 29.6. The molecule has 0 spiro atoms. The van der Waals surface area contributed by atoms with E-state index >= 15 is 0 Å².